The van der Waals surface area contributed by atoms with Crippen LogP contribution in [0.2, 0.25) is 0 Å². The van der Waals surface area contributed by atoms with Gasteiger partial charge in [-0.1, -0.05) is 78.0 Å². The van der Waals surface area contributed by atoms with Gasteiger partial charge < -0.3 is 0 Å². The first-order chi connectivity index (χ1) is 9.83. The summed E-state index contributed by atoms with van der Waals surface area (Å²) in [6, 6.07) is 24.8. The van der Waals surface area contributed by atoms with Gasteiger partial charge in [0.25, 0.3) is 0 Å². The third-order valence-corrected chi connectivity index (χ3v) is 4.42. The standard InChI is InChI=1S/C18H13ClS/c19-18(13-20-17-8-2-1-3-9-17)16-11-10-14-6-4-5-7-15(14)12-16/h1-13H/b18-13+. The molecule has 0 radical (unpaired) electrons. The summed E-state index contributed by atoms with van der Waals surface area (Å²) >= 11 is 8.03. The van der Waals surface area contributed by atoms with Crippen LogP contribution >= 0.6 is 23.4 Å². The van der Waals surface area contributed by atoms with Crippen LogP contribution in [-0.4, -0.2) is 0 Å². The summed E-state index contributed by atoms with van der Waals surface area (Å²) in [5, 5.41) is 5.20. The van der Waals surface area contributed by atoms with Crippen molar-refractivity contribution in [2.24, 2.45) is 0 Å². The molecule has 0 aliphatic rings. The molecular weight excluding hydrogens is 284 g/mol. The topological polar surface area (TPSA) is 0 Å². The molecule has 0 N–H and O–H groups in total. The molecule has 0 bridgehead atoms. The summed E-state index contributed by atoms with van der Waals surface area (Å²) in [7, 11) is 0. The van der Waals surface area contributed by atoms with Gasteiger partial charge in [0, 0.05) is 4.90 Å². The Morgan fingerprint density at radius 3 is 2.30 bits per heavy atom. The molecule has 98 valence electrons. The van der Waals surface area contributed by atoms with Gasteiger partial charge in [-0.15, -0.1) is 0 Å². The number of fused-ring (bicyclic) bond motifs is 1. The highest BCUT2D eigenvalue weighted by Crippen LogP contribution is 2.29. The molecule has 0 aromatic heterocycles. The smallest absolute Gasteiger partial charge is 0.0545 e. The van der Waals surface area contributed by atoms with Gasteiger partial charge in [0.15, 0.2) is 0 Å². The predicted molar refractivity (Wildman–Crippen MR) is 90.1 cm³/mol. The minimum atomic E-state index is 0.768. The van der Waals surface area contributed by atoms with Crippen molar-refractivity contribution in [3.8, 4) is 0 Å². The normalized spacial score (nSPS) is 11.8. The predicted octanol–water partition coefficient (Wildman–Crippen LogP) is 6.17. The minimum Gasteiger partial charge on any atom is -0.0965 e. The molecule has 0 saturated carbocycles. The molecule has 0 spiro atoms. The average molecular weight is 297 g/mol. The van der Waals surface area contributed by atoms with Crippen molar-refractivity contribution >= 4 is 39.2 Å². The van der Waals surface area contributed by atoms with Crippen molar-refractivity contribution < 1.29 is 0 Å². The lowest BCUT2D eigenvalue weighted by atomic mass is 10.1. The van der Waals surface area contributed by atoms with E-state index in [0.717, 1.165) is 10.6 Å². The van der Waals surface area contributed by atoms with E-state index in [1.54, 1.807) is 11.8 Å². The van der Waals surface area contributed by atoms with Crippen molar-refractivity contribution in [3.05, 3.63) is 83.8 Å². The van der Waals surface area contributed by atoms with Crippen LogP contribution in [0.15, 0.2) is 83.1 Å². The average Bonchev–Trinajstić information content (AvgIpc) is 2.53. The third-order valence-electron chi connectivity index (χ3n) is 3.07. The molecule has 0 nitrogen and oxygen atoms in total. The highest BCUT2D eigenvalue weighted by atomic mass is 35.5. The van der Waals surface area contributed by atoms with E-state index in [0.29, 0.717) is 0 Å². The Hall–Kier alpha value is -1.70. The second-order valence-corrected chi connectivity index (χ2v) is 5.81. The summed E-state index contributed by atoms with van der Waals surface area (Å²) in [5.41, 5.74) is 1.05. The Kier molecular flexibility index (Phi) is 4.10. The summed E-state index contributed by atoms with van der Waals surface area (Å²) in [6.45, 7) is 0. The SMILES string of the molecule is Cl/C(=C/Sc1ccccc1)c1ccc2ccccc2c1. The van der Waals surface area contributed by atoms with Gasteiger partial charge >= 0.3 is 0 Å². The van der Waals surface area contributed by atoms with Gasteiger partial charge in [-0.2, -0.15) is 0 Å². The van der Waals surface area contributed by atoms with Crippen molar-refractivity contribution in [2.45, 2.75) is 4.90 Å². The fourth-order valence-electron chi connectivity index (χ4n) is 2.02. The molecule has 0 amide bonds. The van der Waals surface area contributed by atoms with Crippen LogP contribution in [0.5, 0.6) is 0 Å². The Labute approximate surface area is 128 Å². The molecule has 0 aliphatic carbocycles. The van der Waals surface area contributed by atoms with E-state index < -0.39 is 0 Å². The molecular formula is C18H13ClS. The number of rotatable bonds is 3. The maximum atomic E-state index is 6.40. The lowest BCUT2D eigenvalue weighted by Crippen LogP contribution is -1.78. The van der Waals surface area contributed by atoms with E-state index in [2.05, 4.69) is 42.5 Å². The molecule has 0 fully saturated rings. The van der Waals surface area contributed by atoms with E-state index in [9.17, 15) is 0 Å². The number of thioether (sulfide) groups is 1. The highest BCUT2D eigenvalue weighted by Gasteiger charge is 2.00. The van der Waals surface area contributed by atoms with Gasteiger partial charge in [-0.25, -0.2) is 0 Å². The quantitative estimate of drug-likeness (QED) is 0.521. The number of hydrogen-bond donors (Lipinski definition) is 0. The summed E-state index contributed by atoms with van der Waals surface area (Å²) < 4.78 is 0. The lowest BCUT2D eigenvalue weighted by Gasteiger charge is -2.03. The maximum Gasteiger partial charge on any atom is 0.0545 e. The Bertz CT molecular complexity index is 747. The number of benzene rings is 3. The van der Waals surface area contributed by atoms with E-state index in [1.807, 2.05) is 35.7 Å². The fraction of sp³-hybridized carbons (Fsp3) is 0. The van der Waals surface area contributed by atoms with Gasteiger partial charge in [0.1, 0.15) is 0 Å². The molecule has 3 aromatic rings. The minimum absolute atomic E-state index is 0.768. The van der Waals surface area contributed by atoms with Gasteiger partial charge in [-0.3, -0.25) is 0 Å². The van der Waals surface area contributed by atoms with E-state index in [4.69, 9.17) is 11.6 Å². The third kappa shape index (κ3) is 3.06. The van der Waals surface area contributed by atoms with Gasteiger partial charge in [-0.05, 0) is 39.9 Å². The Balaban J connectivity index is 1.86. The van der Waals surface area contributed by atoms with Crippen LogP contribution in [0, 0.1) is 0 Å². The van der Waals surface area contributed by atoms with Crippen LogP contribution in [-0.2, 0) is 0 Å². The summed E-state index contributed by atoms with van der Waals surface area (Å²) in [6.07, 6.45) is 0. The fourth-order valence-corrected chi connectivity index (χ4v) is 2.97. The molecule has 2 heteroatoms. The van der Waals surface area contributed by atoms with Crippen LogP contribution in [0.3, 0.4) is 0 Å². The van der Waals surface area contributed by atoms with Crippen molar-refractivity contribution in [1.29, 1.82) is 0 Å². The molecule has 0 unspecified atom stereocenters. The molecule has 0 saturated heterocycles. The Morgan fingerprint density at radius 2 is 1.50 bits per heavy atom. The molecule has 0 heterocycles. The van der Waals surface area contributed by atoms with E-state index in [1.165, 1.54) is 15.7 Å². The monoisotopic (exact) mass is 296 g/mol. The van der Waals surface area contributed by atoms with Crippen LogP contribution in [0.4, 0.5) is 0 Å². The molecule has 3 rings (SSSR count). The molecule has 20 heavy (non-hydrogen) atoms. The van der Waals surface area contributed by atoms with Crippen LogP contribution < -0.4 is 0 Å². The Morgan fingerprint density at radius 1 is 0.800 bits per heavy atom. The van der Waals surface area contributed by atoms with Crippen LogP contribution in [0.25, 0.3) is 15.8 Å². The van der Waals surface area contributed by atoms with Crippen molar-refractivity contribution in [1.82, 2.24) is 0 Å². The first-order valence-corrected chi connectivity index (χ1v) is 7.65. The first kappa shape index (κ1) is 13.3. The second-order valence-electron chi connectivity index (χ2n) is 4.46. The molecule has 0 aliphatic heterocycles. The number of hydrogen-bond acceptors (Lipinski definition) is 1. The maximum absolute atomic E-state index is 6.40. The first-order valence-electron chi connectivity index (χ1n) is 6.39. The van der Waals surface area contributed by atoms with Crippen molar-refractivity contribution in [3.63, 3.8) is 0 Å². The van der Waals surface area contributed by atoms with Gasteiger partial charge in [0.05, 0.1) is 5.03 Å². The highest BCUT2D eigenvalue weighted by molar-refractivity contribution is 8.02. The zero-order valence-electron chi connectivity index (χ0n) is 10.8. The lowest BCUT2D eigenvalue weighted by molar-refractivity contribution is 1.47. The van der Waals surface area contributed by atoms with E-state index in [-0.39, 0.29) is 0 Å². The molecule has 3 aromatic carbocycles. The zero-order valence-corrected chi connectivity index (χ0v) is 12.4. The number of halogens is 1. The van der Waals surface area contributed by atoms with E-state index >= 15 is 0 Å². The largest absolute Gasteiger partial charge is 0.0965 e. The van der Waals surface area contributed by atoms with Gasteiger partial charge in [0.2, 0.25) is 0 Å². The van der Waals surface area contributed by atoms with Crippen LogP contribution in [0.1, 0.15) is 5.56 Å². The summed E-state index contributed by atoms with van der Waals surface area (Å²) in [4.78, 5) is 1.19. The zero-order chi connectivity index (χ0) is 13.8. The second kappa shape index (κ2) is 6.17. The summed E-state index contributed by atoms with van der Waals surface area (Å²) in [5.74, 6) is 0. The molecule has 0 atom stereocenters. The van der Waals surface area contributed by atoms with Crippen molar-refractivity contribution in [2.75, 3.05) is 0 Å².